The van der Waals surface area contributed by atoms with Crippen LogP contribution in [0.25, 0.3) is 0 Å². The predicted molar refractivity (Wildman–Crippen MR) is 57.4 cm³/mol. The van der Waals surface area contributed by atoms with Gasteiger partial charge in [-0.05, 0) is 24.3 Å². The van der Waals surface area contributed by atoms with E-state index in [1.54, 1.807) is 0 Å². The van der Waals surface area contributed by atoms with E-state index in [0.29, 0.717) is 12.5 Å². The number of ether oxygens (including phenoxy) is 2. The molecule has 3 nitrogen and oxygen atoms in total. The Morgan fingerprint density at radius 2 is 1.93 bits per heavy atom. The van der Waals surface area contributed by atoms with Crippen molar-refractivity contribution in [2.24, 2.45) is 4.99 Å². The molecule has 0 N–H and O–H groups in total. The minimum atomic E-state index is 0.382. The van der Waals surface area contributed by atoms with Gasteiger partial charge in [0.15, 0.2) is 6.61 Å². The van der Waals surface area contributed by atoms with Crippen molar-refractivity contribution in [3.63, 3.8) is 0 Å². The van der Waals surface area contributed by atoms with E-state index in [9.17, 15) is 0 Å². The number of hydrogen-bond donors (Lipinski definition) is 0. The van der Waals surface area contributed by atoms with Gasteiger partial charge in [0.05, 0.1) is 5.69 Å². The van der Waals surface area contributed by atoms with E-state index in [4.69, 9.17) is 9.47 Å². The number of benzene rings is 1. The van der Waals surface area contributed by atoms with Crippen molar-refractivity contribution in [2.75, 3.05) is 6.61 Å². The first-order valence-corrected chi connectivity index (χ1v) is 4.90. The van der Waals surface area contributed by atoms with E-state index >= 15 is 0 Å². The smallest absolute Gasteiger partial charge is 0.232 e. The summed E-state index contributed by atoms with van der Waals surface area (Å²) < 4.78 is 11.2. The van der Waals surface area contributed by atoms with Gasteiger partial charge in [0.25, 0.3) is 0 Å². The van der Waals surface area contributed by atoms with Crippen LogP contribution in [0.5, 0.6) is 0 Å². The lowest BCUT2D eigenvalue weighted by Gasteiger charge is -2.09. The fourth-order valence-corrected chi connectivity index (χ4v) is 1.28. The van der Waals surface area contributed by atoms with Crippen LogP contribution in [-0.4, -0.2) is 12.5 Å². The molecule has 14 heavy (non-hydrogen) atoms. The third-order valence-electron chi connectivity index (χ3n) is 1.64. The van der Waals surface area contributed by atoms with Crippen molar-refractivity contribution in [1.29, 1.82) is 0 Å². The molecule has 1 aliphatic heterocycles. The number of nitrogens with zero attached hydrogens (tertiary/aromatic N) is 1. The van der Waals surface area contributed by atoms with Crippen LogP contribution in [0.4, 0.5) is 5.69 Å². The van der Waals surface area contributed by atoms with Crippen LogP contribution in [0.3, 0.4) is 0 Å². The molecule has 0 aliphatic carbocycles. The monoisotopic (exact) mass is 253 g/mol. The summed E-state index contributed by atoms with van der Waals surface area (Å²) >= 11 is 3.36. The first-order chi connectivity index (χ1) is 6.84. The minimum Gasteiger partial charge on any atom is -0.488 e. The molecule has 0 atom stereocenters. The molecule has 0 radical (unpaired) electrons. The Balaban J connectivity index is 2.16. The Labute approximate surface area is 90.2 Å². The molecule has 0 bridgehead atoms. The molecule has 72 valence electrons. The topological polar surface area (TPSA) is 30.8 Å². The zero-order valence-corrected chi connectivity index (χ0v) is 8.90. The van der Waals surface area contributed by atoms with Gasteiger partial charge in [0.2, 0.25) is 5.90 Å². The van der Waals surface area contributed by atoms with Crippen LogP contribution in [0.2, 0.25) is 0 Å². The maximum Gasteiger partial charge on any atom is 0.232 e. The summed E-state index contributed by atoms with van der Waals surface area (Å²) in [5, 5.41) is 0. The SMILES string of the molecule is Brc1ccc(N=C2COC=CO2)cc1. The fraction of sp³-hybridized carbons (Fsp3) is 0.100. The maximum atomic E-state index is 5.14. The molecule has 0 unspecified atom stereocenters. The highest BCUT2D eigenvalue weighted by Crippen LogP contribution is 2.17. The molecule has 0 saturated carbocycles. The summed E-state index contributed by atoms with van der Waals surface area (Å²) in [5.74, 6) is 0.565. The van der Waals surface area contributed by atoms with Crippen LogP contribution in [0.1, 0.15) is 0 Å². The van der Waals surface area contributed by atoms with Crippen LogP contribution in [0.15, 0.2) is 46.3 Å². The largest absolute Gasteiger partial charge is 0.488 e. The lowest BCUT2D eigenvalue weighted by atomic mass is 10.3. The average Bonchev–Trinajstić information content (AvgIpc) is 2.23. The van der Waals surface area contributed by atoms with E-state index in [0.717, 1.165) is 10.2 Å². The fourth-order valence-electron chi connectivity index (χ4n) is 1.02. The van der Waals surface area contributed by atoms with Crippen LogP contribution < -0.4 is 0 Å². The summed E-state index contributed by atoms with van der Waals surface area (Å²) in [4.78, 5) is 4.26. The Morgan fingerprint density at radius 1 is 1.14 bits per heavy atom. The van der Waals surface area contributed by atoms with Crippen LogP contribution >= 0.6 is 15.9 Å². The van der Waals surface area contributed by atoms with Crippen molar-refractivity contribution in [2.45, 2.75) is 0 Å². The zero-order chi connectivity index (χ0) is 9.80. The predicted octanol–water partition coefficient (Wildman–Crippen LogP) is 3.00. The zero-order valence-electron chi connectivity index (χ0n) is 7.31. The third-order valence-corrected chi connectivity index (χ3v) is 2.17. The Bertz CT molecular complexity index is 370. The molecule has 0 amide bonds. The highest BCUT2D eigenvalue weighted by Gasteiger charge is 2.03. The van der Waals surface area contributed by atoms with Gasteiger partial charge in [-0.3, -0.25) is 0 Å². The van der Waals surface area contributed by atoms with E-state index in [1.165, 1.54) is 12.5 Å². The lowest BCUT2D eigenvalue weighted by Crippen LogP contribution is -2.11. The molecular formula is C10H8BrNO2. The summed E-state index contributed by atoms with van der Waals surface area (Å²) in [6.45, 7) is 0.382. The highest BCUT2D eigenvalue weighted by atomic mass is 79.9. The molecular weight excluding hydrogens is 246 g/mol. The van der Waals surface area contributed by atoms with Gasteiger partial charge < -0.3 is 9.47 Å². The molecule has 1 aromatic rings. The van der Waals surface area contributed by atoms with Gasteiger partial charge in [-0.25, -0.2) is 4.99 Å². The Hall–Kier alpha value is -1.29. The summed E-state index contributed by atoms with van der Waals surface area (Å²) in [6.07, 6.45) is 2.97. The first-order valence-electron chi connectivity index (χ1n) is 4.11. The molecule has 4 heteroatoms. The van der Waals surface area contributed by atoms with Crippen molar-refractivity contribution < 1.29 is 9.47 Å². The quantitative estimate of drug-likeness (QED) is 0.771. The van der Waals surface area contributed by atoms with Crippen molar-refractivity contribution in [1.82, 2.24) is 0 Å². The third kappa shape index (κ3) is 2.35. The van der Waals surface area contributed by atoms with Crippen molar-refractivity contribution in [3.05, 3.63) is 41.3 Å². The Kier molecular flexibility index (Phi) is 2.84. The van der Waals surface area contributed by atoms with Gasteiger partial charge in [-0.1, -0.05) is 15.9 Å². The minimum absolute atomic E-state index is 0.382. The summed E-state index contributed by atoms with van der Waals surface area (Å²) in [7, 11) is 0. The van der Waals surface area contributed by atoms with Gasteiger partial charge in [-0.15, -0.1) is 0 Å². The van der Waals surface area contributed by atoms with Crippen LogP contribution in [-0.2, 0) is 9.47 Å². The lowest BCUT2D eigenvalue weighted by molar-refractivity contribution is 0.235. The van der Waals surface area contributed by atoms with E-state index in [2.05, 4.69) is 20.9 Å². The summed E-state index contributed by atoms with van der Waals surface area (Å²) in [5.41, 5.74) is 0.849. The highest BCUT2D eigenvalue weighted by molar-refractivity contribution is 9.10. The van der Waals surface area contributed by atoms with Gasteiger partial charge >= 0.3 is 0 Å². The molecule has 0 fully saturated rings. The second kappa shape index (κ2) is 4.28. The molecule has 1 heterocycles. The molecule has 0 saturated heterocycles. The number of aliphatic imine (C=N–C) groups is 1. The number of halogens is 1. The molecule has 1 aliphatic rings. The number of hydrogen-bond acceptors (Lipinski definition) is 3. The van der Waals surface area contributed by atoms with Crippen molar-refractivity contribution >= 4 is 27.5 Å². The summed E-state index contributed by atoms with van der Waals surface area (Å²) in [6, 6.07) is 7.66. The first kappa shape index (κ1) is 9.27. The Morgan fingerprint density at radius 3 is 2.57 bits per heavy atom. The van der Waals surface area contributed by atoms with Crippen LogP contribution in [0, 0.1) is 0 Å². The van der Waals surface area contributed by atoms with E-state index in [1.807, 2.05) is 24.3 Å². The molecule has 0 spiro atoms. The second-order valence-electron chi connectivity index (χ2n) is 2.68. The van der Waals surface area contributed by atoms with E-state index < -0.39 is 0 Å². The molecule has 0 aromatic heterocycles. The average molecular weight is 254 g/mol. The second-order valence-corrected chi connectivity index (χ2v) is 3.60. The van der Waals surface area contributed by atoms with Crippen molar-refractivity contribution in [3.8, 4) is 0 Å². The standard InChI is InChI=1S/C10H8BrNO2/c11-8-1-3-9(4-2-8)12-10-7-13-5-6-14-10/h1-6H,7H2. The molecule has 2 rings (SSSR count). The number of rotatable bonds is 1. The van der Waals surface area contributed by atoms with E-state index in [-0.39, 0.29) is 0 Å². The van der Waals surface area contributed by atoms with Gasteiger partial charge in [0.1, 0.15) is 12.5 Å². The van der Waals surface area contributed by atoms with Gasteiger partial charge in [-0.2, -0.15) is 0 Å². The normalized spacial score (nSPS) is 17.6. The maximum absolute atomic E-state index is 5.14. The van der Waals surface area contributed by atoms with Gasteiger partial charge in [0, 0.05) is 4.47 Å². The molecule has 1 aromatic carbocycles.